The van der Waals surface area contributed by atoms with Gasteiger partial charge in [0.15, 0.2) is 0 Å². The maximum Gasteiger partial charge on any atom is 0.241 e. The molecular weight excluding hydrogens is 337 g/mol. The highest BCUT2D eigenvalue weighted by atomic mass is 35.5. The lowest BCUT2D eigenvalue weighted by Crippen LogP contribution is -2.82. The number of amides is 1. The van der Waals surface area contributed by atoms with Crippen LogP contribution in [0, 0.1) is 11.3 Å². The molecule has 1 amide bonds. The number of pyridine rings is 1. The Balaban J connectivity index is 0.00000132. The molecule has 1 saturated heterocycles. The van der Waals surface area contributed by atoms with Crippen LogP contribution in [0.5, 0.6) is 0 Å². The fourth-order valence-electron chi connectivity index (χ4n) is 3.87. The van der Waals surface area contributed by atoms with Gasteiger partial charge < -0.3 is 15.8 Å². The third-order valence-corrected chi connectivity index (χ3v) is 5.26. The van der Waals surface area contributed by atoms with E-state index in [1.165, 1.54) is 0 Å². The second-order valence-electron chi connectivity index (χ2n) is 6.67. The number of ether oxygens (including phenoxy) is 1. The summed E-state index contributed by atoms with van der Waals surface area (Å²) in [6, 6.07) is 3.78. The molecule has 1 aromatic heterocycles. The van der Waals surface area contributed by atoms with E-state index >= 15 is 0 Å². The van der Waals surface area contributed by atoms with Gasteiger partial charge in [-0.3, -0.25) is 9.78 Å². The Morgan fingerprint density at radius 3 is 2.70 bits per heavy atom. The second kappa shape index (κ2) is 7.34. The summed E-state index contributed by atoms with van der Waals surface area (Å²) in [6.07, 6.45) is 5.49. The maximum absolute atomic E-state index is 12.7. The first-order valence-corrected chi connectivity index (χ1v) is 7.55. The predicted octanol–water partition coefficient (Wildman–Crippen LogP) is 2.07. The van der Waals surface area contributed by atoms with Gasteiger partial charge in [-0.2, -0.15) is 0 Å². The minimum absolute atomic E-state index is 0. The summed E-state index contributed by atoms with van der Waals surface area (Å²) < 4.78 is 5.83. The zero-order valence-corrected chi connectivity index (χ0v) is 15.1. The lowest BCUT2D eigenvalue weighted by molar-refractivity contribution is -0.225. The molecule has 1 aliphatic carbocycles. The van der Waals surface area contributed by atoms with E-state index in [-0.39, 0.29) is 48.2 Å². The second-order valence-corrected chi connectivity index (χ2v) is 6.67. The number of nitrogens with two attached hydrogens (primary N) is 1. The molecule has 0 radical (unpaired) electrons. The van der Waals surface area contributed by atoms with Gasteiger partial charge >= 0.3 is 0 Å². The number of nitrogens with zero attached hydrogens (tertiary/aromatic N) is 1. The molecule has 5 nitrogen and oxygen atoms in total. The topological polar surface area (TPSA) is 77.2 Å². The minimum atomic E-state index is -0.842. The SMILES string of the molecule is CC1(C)C2OCCCC2C1(N)C(=O)NCc1ccncc1.Cl.Cl. The van der Waals surface area contributed by atoms with E-state index in [0.717, 1.165) is 25.0 Å². The van der Waals surface area contributed by atoms with Crippen LogP contribution >= 0.6 is 24.8 Å². The largest absolute Gasteiger partial charge is 0.377 e. The Labute approximate surface area is 149 Å². The highest BCUT2D eigenvalue weighted by molar-refractivity contribution is 5.89. The summed E-state index contributed by atoms with van der Waals surface area (Å²) in [5.74, 6) is 0.0507. The van der Waals surface area contributed by atoms with Crippen LogP contribution < -0.4 is 11.1 Å². The standard InChI is InChI=1S/C16H23N3O2.2ClH/c1-15(2)13-12(4-3-9-21-13)16(15,17)14(20)19-10-11-5-7-18-8-6-11;;/h5-8,12-13H,3-4,9-10,17H2,1-2H3,(H,19,20);2*1H. The van der Waals surface area contributed by atoms with Crippen molar-refractivity contribution in [3.63, 3.8) is 0 Å². The highest BCUT2D eigenvalue weighted by Gasteiger charge is 2.70. The Kier molecular flexibility index (Phi) is 6.44. The van der Waals surface area contributed by atoms with Gasteiger partial charge in [0, 0.05) is 36.9 Å². The number of nitrogens with one attached hydrogen (secondary N) is 1. The molecule has 1 aromatic rings. The number of carbonyl (C=O) groups excluding carboxylic acids is 1. The monoisotopic (exact) mass is 361 g/mol. The Bertz CT molecular complexity index is 541. The van der Waals surface area contributed by atoms with Crippen molar-refractivity contribution >= 4 is 30.7 Å². The molecule has 0 spiro atoms. The molecule has 2 heterocycles. The van der Waals surface area contributed by atoms with Crippen LogP contribution in [0.3, 0.4) is 0 Å². The third kappa shape index (κ3) is 3.07. The van der Waals surface area contributed by atoms with Gasteiger partial charge in [0.1, 0.15) is 5.54 Å². The fourth-order valence-corrected chi connectivity index (χ4v) is 3.87. The lowest BCUT2D eigenvalue weighted by atomic mass is 9.46. The Morgan fingerprint density at radius 2 is 2.04 bits per heavy atom. The summed E-state index contributed by atoms with van der Waals surface area (Å²) in [5.41, 5.74) is 6.39. The van der Waals surface area contributed by atoms with Crippen molar-refractivity contribution in [2.75, 3.05) is 6.61 Å². The zero-order chi connectivity index (χ0) is 15.1. The molecule has 23 heavy (non-hydrogen) atoms. The van der Waals surface area contributed by atoms with Gasteiger partial charge in [-0.25, -0.2) is 0 Å². The molecule has 130 valence electrons. The van der Waals surface area contributed by atoms with Crippen LogP contribution in [0.4, 0.5) is 0 Å². The van der Waals surface area contributed by atoms with Gasteiger partial charge in [-0.05, 0) is 30.5 Å². The van der Waals surface area contributed by atoms with E-state index < -0.39 is 5.54 Å². The average Bonchev–Trinajstić information content (AvgIpc) is 2.52. The summed E-state index contributed by atoms with van der Waals surface area (Å²) in [4.78, 5) is 16.7. The number of hydrogen-bond donors (Lipinski definition) is 2. The van der Waals surface area contributed by atoms with E-state index in [4.69, 9.17) is 10.5 Å². The van der Waals surface area contributed by atoms with Crippen LogP contribution in [-0.4, -0.2) is 29.1 Å². The average molecular weight is 362 g/mol. The van der Waals surface area contributed by atoms with Crippen molar-refractivity contribution in [1.29, 1.82) is 0 Å². The number of halogens is 2. The van der Waals surface area contributed by atoms with E-state index in [9.17, 15) is 4.79 Å². The molecular formula is C16H25Cl2N3O2. The molecule has 3 rings (SSSR count). The Morgan fingerprint density at radius 1 is 1.39 bits per heavy atom. The molecule has 3 atom stereocenters. The summed E-state index contributed by atoms with van der Waals surface area (Å²) in [5, 5.41) is 2.98. The number of aromatic nitrogens is 1. The van der Waals surface area contributed by atoms with E-state index in [2.05, 4.69) is 10.3 Å². The van der Waals surface area contributed by atoms with Gasteiger partial charge in [-0.15, -0.1) is 24.8 Å². The lowest BCUT2D eigenvalue weighted by Gasteiger charge is -2.65. The molecule has 1 aliphatic heterocycles. The maximum atomic E-state index is 12.7. The molecule has 2 aliphatic rings. The first kappa shape index (κ1) is 20.2. The zero-order valence-electron chi connectivity index (χ0n) is 13.5. The summed E-state index contributed by atoms with van der Waals surface area (Å²) >= 11 is 0. The minimum Gasteiger partial charge on any atom is -0.377 e. The third-order valence-electron chi connectivity index (χ3n) is 5.26. The molecule has 2 fully saturated rings. The van der Waals surface area contributed by atoms with Crippen molar-refractivity contribution in [3.8, 4) is 0 Å². The molecule has 3 N–H and O–H groups in total. The number of rotatable bonds is 3. The van der Waals surface area contributed by atoms with Gasteiger partial charge in [0.05, 0.1) is 6.10 Å². The molecule has 3 unspecified atom stereocenters. The molecule has 0 aromatic carbocycles. The van der Waals surface area contributed by atoms with Gasteiger partial charge in [0.2, 0.25) is 5.91 Å². The van der Waals surface area contributed by atoms with Crippen molar-refractivity contribution < 1.29 is 9.53 Å². The summed E-state index contributed by atoms with van der Waals surface area (Å²) in [6.45, 7) is 5.32. The Hall–Kier alpha value is -0.880. The van der Waals surface area contributed by atoms with Crippen molar-refractivity contribution in [1.82, 2.24) is 10.3 Å². The van der Waals surface area contributed by atoms with Crippen LogP contribution in [0.25, 0.3) is 0 Å². The van der Waals surface area contributed by atoms with E-state index in [0.29, 0.717) is 6.54 Å². The first-order chi connectivity index (χ1) is 9.98. The van der Waals surface area contributed by atoms with Crippen LogP contribution in [0.1, 0.15) is 32.3 Å². The summed E-state index contributed by atoms with van der Waals surface area (Å²) in [7, 11) is 0. The van der Waals surface area contributed by atoms with Gasteiger partial charge in [0.25, 0.3) is 0 Å². The highest BCUT2D eigenvalue weighted by Crippen LogP contribution is 2.57. The predicted molar refractivity (Wildman–Crippen MR) is 93.7 cm³/mol. The number of hydrogen-bond acceptors (Lipinski definition) is 4. The van der Waals surface area contributed by atoms with E-state index in [1.807, 2.05) is 26.0 Å². The molecule has 7 heteroatoms. The normalized spacial score (nSPS) is 30.7. The van der Waals surface area contributed by atoms with Crippen LogP contribution in [0.2, 0.25) is 0 Å². The van der Waals surface area contributed by atoms with Crippen LogP contribution in [0.15, 0.2) is 24.5 Å². The van der Waals surface area contributed by atoms with Crippen molar-refractivity contribution in [2.45, 2.75) is 44.9 Å². The van der Waals surface area contributed by atoms with Crippen molar-refractivity contribution in [2.24, 2.45) is 17.1 Å². The van der Waals surface area contributed by atoms with Crippen LogP contribution in [-0.2, 0) is 16.1 Å². The quantitative estimate of drug-likeness (QED) is 0.863. The van der Waals surface area contributed by atoms with Crippen molar-refractivity contribution in [3.05, 3.63) is 30.1 Å². The van der Waals surface area contributed by atoms with Gasteiger partial charge in [-0.1, -0.05) is 13.8 Å². The first-order valence-electron chi connectivity index (χ1n) is 7.55. The number of fused-ring (bicyclic) bond motifs is 1. The fraction of sp³-hybridized carbons (Fsp3) is 0.625. The number of carbonyl (C=O) groups is 1. The molecule has 1 saturated carbocycles. The molecule has 0 bridgehead atoms. The van der Waals surface area contributed by atoms with E-state index in [1.54, 1.807) is 12.4 Å². The smallest absolute Gasteiger partial charge is 0.241 e.